The highest BCUT2D eigenvalue weighted by Gasteiger charge is 2.31. The predicted octanol–water partition coefficient (Wildman–Crippen LogP) is 11.6. The lowest BCUT2D eigenvalue weighted by Crippen LogP contribution is -2.43. The number of hydrogen-bond donors (Lipinski definition) is 2. The zero-order chi connectivity index (χ0) is 34.9. The first-order valence-electron chi connectivity index (χ1n) is 18.3. The zero-order valence-electron chi connectivity index (χ0n) is 28.9. The fourth-order valence-corrected chi connectivity index (χ4v) is 8.62. The molecule has 2 aromatic heterocycles. The summed E-state index contributed by atoms with van der Waals surface area (Å²) >= 11 is 0. The molecule has 2 N–H and O–H groups in total. The molecule has 2 aliphatic rings. The van der Waals surface area contributed by atoms with E-state index in [2.05, 4.69) is 213 Å². The topological polar surface area (TPSA) is 37.2 Å². The second kappa shape index (κ2) is 11.9. The summed E-state index contributed by atoms with van der Waals surface area (Å²) in [6, 6.07) is 65.6. The monoisotopic (exact) mass is 681 g/mol. The van der Waals surface area contributed by atoms with E-state index < -0.39 is 0 Å². The molecule has 5 heteroatoms. The van der Waals surface area contributed by atoms with Crippen LogP contribution in [0, 0.1) is 0 Å². The Morgan fingerprint density at radius 3 is 1.96 bits per heavy atom. The number of para-hydroxylation sites is 5. The zero-order valence-corrected chi connectivity index (χ0v) is 28.9. The van der Waals surface area contributed by atoms with Crippen molar-refractivity contribution in [3.63, 3.8) is 0 Å². The summed E-state index contributed by atoms with van der Waals surface area (Å²) in [7, 11) is 0. The first-order valence-corrected chi connectivity index (χ1v) is 18.3. The van der Waals surface area contributed by atoms with Gasteiger partial charge in [0.05, 0.1) is 45.3 Å². The molecular formula is C48H35N5. The van der Waals surface area contributed by atoms with Crippen molar-refractivity contribution in [2.75, 3.05) is 4.90 Å². The average Bonchev–Trinajstić information content (AvgIpc) is 3.75. The van der Waals surface area contributed by atoms with Crippen LogP contribution in [0.15, 0.2) is 188 Å². The molecule has 11 rings (SSSR count). The van der Waals surface area contributed by atoms with Crippen molar-refractivity contribution < 1.29 is 0 Å². The normalized spacial score (nSPS) is 16.5. The Morgan fingerprint density at radius 1 is 0.491 bits per heavy atom. The van der Waals surface area contributed by atoms with E-state index in [1.807, 2.05) is 0 Å². The summed E-state index contributed by atoms with van der Waals surface area (Å²) in [5.41, 5.74) is 14.0. The number of fused-ring (bicyclic) bond motifs is 11. The van der Waals surface area contributed by atoms with Crippen LogP contribution in [0.2, 0.25) is 0 Å². The third-order valence-corrected chi connectivity index (χ3v) is 10.9. The second-order valence-electron chi connectivity index (χ2n) is 13.9. The maximum absolute atomic E-state index is 4.01. The molecule has 5 nitrogen and oxygen atoms in total. The first kappa shape index (κ1) is 29.9. The minimum absolute atomic E-state index is 0.00144. The summed E-state index contributed by atoms with van der Waals surface area (Å²) in [5.74, 6) is 0. The third-order valence-electron chi connectivity index (χ3n) is 10.9. The molecule has 2 atom stereocenters. The smallest absolute Gasteiger partial charge is 0.160 e. The van der Waals surface area contributed by atoms with Crippen molar-refractivity contribution >= 4 is 55.5 Å². The van der Waals surface area contributed by atoms with Crippen molar-refractivity contribution in [3.05, 3.63) is 199 Å². The van der Waals surface area contributed by atoms with Crippen molar-refractivity contribution in [2.45, 2.75) is 12.3 Å². The van der Waals surface area contributed by atoms with Gasteiger partial charge in [-0.1, -0.05) is 133 Å². The fourth-order valence-electron chi connectivity index (χ4n) is 8.62. The highest BCUT2D eigenvalue weighted by molar-refractivity contribution is 6.19. The van der Waals surface area contributed by atoms with Gasteiger partial charge in [-0.25, -0.2) is 0 Å². The first-order chi connectivity index (χ1) is 26.3. The molecule has 0 amide bonds. The molecule has 0 aliphatic carbocycles. The molecule has 4 heterocycles. The van der Waals surface area contributed by atoms with Crippen molar-refractivity contribution in [2.24, 2.45) is 0 Å². The van der Waals surface area contributed by atoms with Gasteiger partial charge in [0, 0.05) is 33.1 Å². The molecule has 0 fully saturated rings. The molecule has 0 saturated heterocycles. The standard InChI is InChI=1S/C48H35N5/c1-4-16-32(17-5-1)39-31-40(33-18-6-2-7-19-33)50-48(49-39)53-41-24-12-10-22-35(41)36-28-29-43-38(47(36)53)30-46-37-23-11-13-25-42(37)51(34-20-8-3-9-21-34)44-26-14-15-27-45(44)52(43)46/h1-31,39,48-50H. The van der Waals surface area contributed by atoms with Gasteiger partial charge < -0.3 is 19.4 Å². The summed E-state index contributed by atoms with van der Waals surface area (Å²) in [6.07, 6.45) is 2.08. The molecular weight excluding hydrogens is 647 g/mol. The summed E-state index contributed by atoms with van der Waals surface area (Å²) < 4.78 is 4.96. The Hall–Kier alpha value is -6.82. The average molecular weight is 682 g/mol. The van der Waals surface area contributed by atoms with Gasteiger partial charge in [0.2, 0.25) is 0 Å². The number of rotatable bonds is 4. The molecule has 7 aromatic carbocycles. The number of aromatic nitrogens is 2. The summed E-state index contributed by atoms with van der Waals surface area (Å²) in [4.78, 5) is 2.40. The van der Waals surface area contributed by atoms with E-state index in [0.717, 1.165) is 34.0 Å². The maximum atomic E-state index is 4.01. The lowest BCUT2D eigenvalue weighted by molar-refractivity contribution is 0.351. The predicted molar refractivity (Wildman–Crippen MR) is 219 cm³/mol. The van der Waals surface area contributed by atoms with Crippen LogP contribution < -0.4 is 15.5 Å². The minimum Gasteiger partial charge on any atom is -0.352 e. The Balaban J connectivity index is 1.19. The summed E-state index contributed by atoms with van der Waals surface area (Å²) in [5, 5.41) is 11.6. The van der Waals surface area contributed by atoms with Crippen LogP contribution in [0.25, 0.3) is 55.4 Å². The summed E-state index contributed by atoms with van der Waals surface area (Å²) in [6.45, 7) is 0. The van der Waals surface area contributed by atoms with Gasteiger partial charge in [-0.05, 0) is 65.7 Å². The Kier molecular flexibility index (Phi) is 6.69. The van der Waals surface area contributed by atoms with E-state index in [4.69, 9.17) is 0 Å². The van der Waals surface area contributed by atoms with Crippen LogP contribution in [-0.4, -0.2) is 9.13 Å². The number of anilines is 3. The van der Waals surface area contributed by atoms with Crippen molar-refractivity contribution in [1.29, 1.82) is 0 Å². The van der Waals surface area contributed by atoms with Gasteiger partial charge in [-0.3, -0.25) is 5.32 Å². The number of hydrogen-bond acceptors (Lipinski definition) is 3. The van der Waals surface area contributed by atoms with E-state index in [0.29, 0.717) is 0 Å². The number of nitrogens with one attached hydrogen (secondary N) is 2. The minimum atomic E-state index is -0.235. The van der Waals surface area contributed by atoms with Gasteiger partial charge in [0.15, 0.2) is 6.29 Å². The van der Waals surface area contributed by atoms with Gasteiger partial charge in [0.1, 0.15) is 0 Å². The van der Waals surface area contributed by atoms with E-state index in [-0.39, 0.29) is 12.3 Å². The highest BCUT2D eigenvalue weighted by atomic mass is 15.3. The van der Waals surface area contributed by atoms with Crippen LogP contribution in [-0.2, 0) is 0 Å². The van der Waals surface area contributed by atoms with Crippen LogP contribution in [0.3, 0.4) is 0 Å². The maximum Gasteiger partial charge on any atom is 0.160 e. The highest BCUT2D eigenvalue weighted by Crippen LogP contribution is 2.50. The Bertz CT molecular complexity index is 2850. The molecule has 0 saturated carbocycles. The van der Waals surface area contributed by atoms with Crippen LogP contribution in [0.1, 0.15) is 23.5 Å². The van der Waals surface area contributed by atoms with Gasteiger partial charge in [0.25, 0.3) is 0 Å². The van der Waals surface area contributed by atoms with Crippen molar-refractivity contribution in [3.8, 4) is 16.9 Å². The van der Waals surface area contributed by atoms with Gasteiger partial charge in [-0.15, -0.1) is 0 Å². The molecule has 0 radical (unpaired) electrons. The second-order valence-corrected chi connectivity index (χ2v) is 13.9. The largest absolute Gasteiger partial charge is 0.352 e. The fraction of sp³-hybridized carbons (Fsp3) is 0.0417. The van der Waals surface area contributed by atoms with Crippen LogP contribution in [0.4, 0.5) is 17.1 Å². The quantitative estimate of drug-likeness (QED) is 0.194. The lowest BCUT2D eigenvalue weighted by atomic mass is 10.0. The number of benzene rings is 7. The Morgan fingerprint density at radius 2 is 1.15 bits per heavy atom. The van der Waals surface area contributed by atoms with Crippen LogP contribution >= 0.6 is 0 Å². The molecule has 2 unspecified atom stereocenters. The van der Waals surface area contributed by atoms with Gasteiger partial charge >= 0.3 is 0 Å². The molecule has 0 bridgehead atoms. The Labute approximate surface area is 307 Å². The van der Waals surface area contributed by atoms with Gasteiger partial charge in [-0.2, -0.15) is 0 Å². The SMILES string of the molecule is C1=C(c2ccccc2)NC(n2c3ccccc3c3ccc4c(cc5n4-c4ccccc4N(c4ccccc4)c4ccccc4-5)c32)NC1c1ccccc1. The number of nitrogens with zero attached hydrogens (tertiary/aromatic N) is 3. The van der Waals surface area contributed by atoms with E-state index in [1.54, 1.807) is 0 Å². The third kappa shape index (κ3) is 4.61. The lowest BCUT2D eigenvalue weighted by Gasteiger charge is -2.34. The molecule has 53 heavy (non-hydrogen) atoms. The molecule has 2 aliphatic heterocycles. The van der Waals surface area contributed by atoms with Crippen LogP contribution in [0.5, 0.6) is 0 Å². The van der Waals surface area contributed by atoms with E-state index >= 15 is 0 Å². The van der Waals surface area contributed by atoms with Crippen molar-refractivity contribution in [1.82, 2.24) is 19.8 Å². The molecule has 0 spiro atoms. The van der Waals surface area contributed by atoms with E-state index in [9.17, 15) is 0 Å². The molecule has 252 valence electrons. The molecule has 9 aromatic rings. The van der Waals surface area contributed by atoms with E-state index in [1.165, 1.54) is 49.5 Å².